The van der Waals surface area contributed by atoms with E-state index in [4.69, 9.17) is 23.6 Å². The Labute approximate surface area is 186 Å². The fourth-order valence-corrected chi connectivity index (χ4v) is 3.97. The van der Waals surface area contributed by atoms with Gasteiger partial charge < -0.3 is 29.3 Å². The highest BCUT2D eigenvalue weighted by molar-refractivity contribution is 5.79. The molecule has 0 saturated carbocycles. The molecule has 3 rings (SSSR count). The molecule has 0 aromatic carbocycles. The summed E-state index contributed by atoms with van der Waals surface area (Å²) in [5.41, 5.74) is 0. The first kappa shape index (κ1) is 24.0. The summed E-state index contributed by atoms with van der Waals surface area (Å²) in [6.07, 6.45) is 3.20. The van der Waals surface area contributed by atoms with Crippen molar-refractivity contribution in [2.75, 3.05) is 72.4 Å². The summed E-state index contributed by atoms with van der Waals surface area (Å²) in [4.78, 5) is 7.26. The molecule has 176 valence electrons. The van der Waals surface area contributed by atoms with Gasteiger partial charge >= 0.3 is 0 Å². The molecule has 1 aromatic rings. The third-order valence-electron chi connectivity index (χ3n) is 5.79. The lowest BCUT2D eigenvalue weighted by molar-refractivity contribution is 0.0135. The van der Waals surface area contributed by atoms with Crippen molar-refractivity contribution in [1.82, 2.24) is 15.5 Å². The van der Waals surface area contributed by atoms with Crippen LogP contribution in [-0.2, 0) is 14.2 Å². The molecule has 2 saturated heterocycles. The molecule has 31 heavy (non-hydrogen) atoms. The molecule has 2 N–H and O–H groups in total. The van der Waals surface area contributed by atoms with E-state index in [0.29, 0.717) is 12.5 Å². The number of nitrogens with one attached hydrogen (secondary N) is 2. The molecule has 0 aliphatic carbocycles. The number of hydrogen-bond donors (Lipinski definition) is 2. The first-order chi connectivity index (χ1) is 15.3. The maximum atomic E-state index is 5.95. The van der Waals surface area contributed by atoms with Crippen LogP contribution in [0.4, 0.5) is 0 Å². The minimum atomic E-state index is 0.121. The maximum absolute atomic E-state index is 5.95. The Morgan fingerprint density at radius 3 is 2.65 bits per heavy atom. The molecule has 8 heteroatoms. The molecule has 0 bridgehead atoms. The quantitative estimate of drug-likeness (QED) is 0.313. The van der Waals surface area contributed by atoms with E-state index in [1.54, 1.807) is 0 Å². The average molecular weight is 437 g/mol. The van der Waals surface area contributed by atoms with Crippen LogP contribution in [0.1, 0.15) is 43.7 Å². The Morgan fingerprint density at radius 2 is 1.94 bits per heavy atom. The maximum Gasteiger partial charge on any atom is 0.191 e. The number of morpholine rings is 1. The molecule has 2 aliphatic heterocycles. The second-order valence-electron chi connectivity index (χ2n) is 8.24. The van der Waals surface area contributed by atoms with Gasteiger partial charge in [0.15, 0.2) is 5.96 Å². The normalized spacial score (nSPS) is 20.0. The van der Waals surface area contributed by atoms with Gasteiger partial charge in [-0.2, -0.15) is 0 Å². The molecular weight excluding hydrogens is 396 g/mol. The topological polar surface area (TPSA) is 80.5 Å². The second kappa shape index (κ2) is 13.7. The summed E-state index contributed by atoms with van der Waals surface area (Å²) in [5, 5.41) is 6.79. The Hall–Kier alpha value is -1.61. The van der Waals surface area contributed by atoms with Crippen LogP contribution in [0, 0.1) is 12.8 Å². The SMILES string of the molecule is CCNC(=NCC(c1ccc(C)o1)N1CCOCC1)NCCCOCC1CCOCC1. The van der Waals surface area contributed by atoms with Gasteiger partial charge in [0.05, 0.1) is 25.8 Å². The summed E-state index contributed by atoms with van der Waals surface area (Å²) in [6.45, 7) is 13.1. The molecule has 0 radical (unpaired) electrons. The van der Waals surface area contributed by atoms with E-state index < -0.39 is 0 Å². The molecular formula is C23H40N4O4. The number of nitrogens with zero attached hydrogens (tertiary/aromatic N) is 2. The number of furan rings is 1. The Balaban J connectivity index is 1.44. The van der Waals surface area contributed by atoms with Crippen molar-refractivity contribution in [1.29, 1.82) is 0 Å². The summed E-state index contributed by atoms with van der Waals surface area (Å²) < 4.78 is 22.7. The van der Waals surface area contributed by atoms with Gasteiger partial charge in [0.2, 0.25) is 0 Å². The van der Waals surface area contributed by atoms with E-state index in [-0.39, 0.29) is 6.04 Å². The molecule has 1 atom stereocenters. The molecule has 1 unspecified atom stereocenters. The lowest BCUT2D eigenvalue weighted by Crippen LogP contribution is -2.42. The zero-order valence-corrected chi connectivity index (χ0v) is 19.2. The van der Waals surface area contributed by atoms with E-state index >= 15 is 0 Å². The number of guanidine groups is 1. The van der Waals surface area contributed by atoms with Crippen LogP contribution in [0.25, 0.3) is 0 Å². The Kier molecular flexibility index (Phi) is 10.6. The summed E-state index contributed by atoms with van der Waals surface area (Å²) in [6, 6.07) is 4.22. The first-order valence-corrected chi connectivity index (χ1v) is 11.8. The van der Waals surface area contributed by atoms with Crippen molar-refractivity contribution >= 4 is 5.96 Å². The van der Waals surface area contributed by atoms with Gasteiger partial charge in [-0.3, -0.25) is 9.89 Å². The number of rotatable bonds is 11. The average Bonchev–Trinajstić information content (AvgIpc) is 3.23. The smallest absolute Gasteiger partial charge is 0.191 e. The third kappa shape index (κ3) is 8.44. The van der Waals surface area contributed by atoms with Gasteiger partial charge in [-0.15, -0.1) is 0 Å². The van der Waals surface area contributed by atoms with E-state index in [9.17, 15) is 0 Å². The van der Waals surface area contributed by atoms with Gasteiger partial charge in [0.25, 0.3) is 0 Å². The number of aliphatic imine (C=N–C) groups is 1. The summed E-state index contributed by atoms with van der Waals surface area (Å²) in [5.74, 6) is 3.40. The molecule has 2 aliphatic rings. The van der Waals surface area contributed by atoms with Gasteiger partial charge in [0.1, 0.15) is 11.5 Å². The van der Waals surface area contributed by atoms with Gasteiger partial charge in [-0.1, -0.05) is 0 Å². The van der Waals surface area contributed by atoms with Crippen LogP contribution in [0.5, 0.6) is 0 Å². The molecule has 0 spiro atoms. The van der Waals surface area contributed by atoms with Crippen molar-refractivity contribution in [3.05, 3.63) is 23.7 Å². The standard InChI is InChI=1S/C23H40N4O4/c1-3-24-23(25-9-4-12-30-18-20-7-13-28-14-8-20)26-17-21(22-6-5-19(2)31-22)27-10-15-29-16-11-27/h5-6,20-21H,3-4,7-18H2,1-2H3,(H2,24,25,26). The van der Waals surface area contributed by atoms with E-state index in [0.717, 1.165) is 103 Å². The summed E-state index contributed by atoms with van der Waals surface area (Å²) in [7, 11) is 0. The Bertz CT molecular complexity index is 639. The van der Waals surface area contributed by atoms with Gasteiger partial charge in [-0.25, -0.2) is 0 Å². The van der Waals surface area contributed by atoms with Crippen molar-refractivity contribution in [2.24, 2.45) is 10.9 Å². The van der Waals surface area contributed by atoms with Crippen molar-refractivity contribution in [2.45, 2.75) is 39.2 Å². The minimum Gasteiger partial charge on any atom is -0.465 e. The van der Waals surface area contributed by atoms with E-state index in [1.807, 2.05) is 13.0 Å². The van der Waals surface area contributed by atoms with Crippen LogP contribution >= 0.6 is 0 Å². The summed E-state index contributed by atoms with van der Waals surface area (Å²) >= 11 is 0. The Morgan fingerprint density at radius 1 is 1.16 bits per heavy atom. The third-order valence-corrected chi connectivity index (χ3v) is 5.79. The van der Waals surface area contributed by atoms with Crippen LogP contribution < -0.4 is 10.6 Å². The number of hydrogen-bond acceptors (Lipinski definition) is 6. The van der Waals surface area contributed by atoms with Gasteiger partial charge in [-0.05, 0) is 51.2 Å². The largest absolute Gasteiger partial charge is 0.465 e. The van der Waals surface area contributed by atoms with Gasteiger partial charge in [0, 0.05) is 52.6 Å². The van der Waals surface area contributed by atoms with Crippen molar-refractivity contribution in [3.8, 4) is 0 Å². The van der Waals surface area contributed by atoms with Crippen LogP contribution in [-0.4, -0.2) is 83.2 Å². The number of ether oxygens (including phenoxy) is 3. The predicted octanol–water partition coefficient (Wildman–Crippen LogP) is 2.35. The van der Waals surface area contributed by atoms with E-state index in [1.165, 1.54) is 0 Å². The number of aryl methyl sites for hydroxylation is 1. The predicted molar refractivity (Wildman–Crippen MR) is 122 cm³/mol. The fraction of sp³-hybridized carbons (Fsp3) is 0.783. The van der Waals surface area contributed by atoms with Crippen LogP contribution in [0.2, 0.25) is 0 Å². The van der Waals surface area contributed by atoms with Crippen LogP contribution in [0.15, 0.2) is 21.5 Å². The first-order valence-electron chi connectivity index (χ1n) is 11.8. The van der Waals surface area contributed by atoms with Crippen molar-refractivity contribution in [3.63, 3.8) is 0 Å². The fourth-order valence-electron chi connectivity index (χ4n) is 3.97. The second-order valence-corrected chi connectivity index (χ2v) is 8.24. The lowest BCUT2D eigenvalue weighted by atomic mass is 10.0. The zero-order chi connectivity index (χ0) is 21.7. The molecule has 8 nitrogen and oxygen atoms in total. The van der Waals surface area contributed by atoms with Crippen LogP contribution in [0.3, 0.4) is 0 Å². The molecule has 2 fully saturated rings. The highest BCUT2D eigenvalue weighted by Crippen LogP contribution is 2.24. The lowest BCUT2D eigenvalue weighted by Gasteiger charge is -2.32. The molecule has 3 heterocycles. The monoisotopic (exact) mass is 436 g/mol. The molecule has 0 amide bonds. The van der Waals surface area contributed by atoms with Crippen molar-refractivity contribution < 1.29 is 18.6 Å². The van der Waals surface area contributed by atoms with E-state index in [2.05, 4.69) is 28.5 Å². The minimum absolute atomic E-state index is 0.121. The molecule has 1 aromatic heterocycles. The zero-order valence-electron chi connectivity index (χ0n) is 19.2. The highest BCUT2D eigenvalue weighted by atomic mass is 16.5. The highest BCUT2D eigenvalue weighted by Gasteiger charge is 2.25.